The van der Waals surface area contributed by atoms with Gasteiger partial charge in [-0.2, -0.15) is 0 Å². The van der Waals surface area contributed by atoms with Gasteiger partial charge < -0.3 is 21.3 Å². The number of esters is 1. The number of pyridine rings is 1. The molecular formula is C11H11N3O3. The summed E-state index contributed by atoms with van der Waals surface area (Å²) in [6, 6.07) is 4.26. The van der Waals surface area contributed by atoms with Gasteiger partial charge in [0.05, 0.1) is 18.3 Å². The molecule has 1 aromatic heterocycles. The number of benzene rings is 1. The Hall–Kier alpha value is -2.50. The normalized spacial score (nSPS) is 10.4. The first-order valence-electron chi connectivity index (χ1n) is 4.80. The number of hydrogen-bond acceptors (Lipinski definition) is 6. The van der Waals surface area contributed by atoms with Crippen LogP contribution in [0.4, 0.5) is 11.4 Å². The second-order valence-corrected chi connectivity index (χ2v) is 3.52. The molecule has 0 amide bonds. The van der Waals surface area contributed by atoms with Gasteiger partial charge in [-0.25, -0.2) is 9.78 Å². The topological polar surface area (TPSA) is 111 Å². The second-order valence-electron chi connectivity index (χ2n) is 3.52. The maximum atomic E-state index is 11.3. The minimum Gasteiger partial charge on any atom is -0.507 e. The number of ether oxygens (including phenoxy) is 1. The number of anilines is 2. The van der Waals surface area contributed by atoms with Gasteiger partial charge in [-0.3, -0.25) is 0 Å². The Balaban J connectivity index is 2.77. The van der Waals surface area contributed by atoms with Crippen LogP contribution in [0.25, 0.3) is 10.9 Å². The van der Waals surface area contributed by atoms with Gasteiger partial charge in [0.15, 0.2) is 5.69 Å². The van der Waals surface area contributed by atoms with Crippen LogP contribution >= 0.6 is 0 Å². The smallest absolute Gasteiger partial charge is 0.356 e. The van der Waals surface area contributed by atoms with Crippen LogP contribution in [0.3, 0.4) is 0 Å². The highest BCUT2D eigenvalue weighted by atomic mass is 16.5. The molecule has 0 unspecified atom stereocenters. The molecule has 2 aromatic rings. The van der Waals surface area contributed by atoms with Gasteiger partial charge in [-0.1, -0.05) is 0 Å². The molecule has 6 nitrogen and oxygen atoms in total. The summed E-state index contributed by atoms with van der Waals surface area (Å²) in [5.41, 5.74) is 12.4. The molecule has 0 bridgehead atoms. The number of fused-ring (bicyclic) bond motifs is 1. The number of nitrogens with zero attached hydrogens (tertiary/aromatic N) is 1. The van der Waals surface area contributed by atoms with Crippen molar-refractivity contribution in [1.82, 2.24) is 4.98 Å². The lowest BCUT2D eigenvalue weighted by atomic mass is 10.1. The molecule has 88 valence electrons. The molecule has 5 N–H and O–H groups in total. The summed E-state index contributed by atoms with van der Waals surface area (Å²) in [4.78, 5) is 15.4. The molecule has 0 fully saturated rings. The molecule has 1 heterocycles. The average Bonchev–Trinajstić information content (AvgIpc) is 2.29. The summed E-state index contributed by atoms with van der Waals surface area (Å²) < 4.78 is 4.53. The molecule has 0 aliphatic carbocycles. The minimum absolute atomic E-state index is 0.00558. The van der Waals surface area contributed by atoms with Crippen molar-refractivity contribution < 1.29 is 14.6 Å². The summed E-state index contributed by atoms with van der Waals surface area (Å²) in [5.74, 6) is -0.757. The van der Waals surface area contributed by atoms with Crippen molar-refractivity contribution >= 4 is 28.2 Å². The zero-order valence-electron chi connectivity index (χ0n) is 9.10. The predicted octanol–water partition coefficient (Wildman–Crippen LogP) is 0.891. The zero-order chi connectivity index (χ0) is 12.6. The Kier molecular flexibility index (Phi) is 2.47. The Labute approximate surface area is 96.8 Å². The third kappa shape index (κ3) is 1.80. The van der Waals surface area contributed by atoms with Crippen LogP contribution in [0, 0.1) is 0 Å². The second kappa shape index (κ2) is 3.82. The number of carbonyl (C=O) groups excluding carboxylic acids is 1. The van der Waals surface area contributed by atoms with Crippen LogP contribution in [0.15, 0.2) is 18.2 Å². The van der Waals surface area contributed by atoms with Crippen molar-refractivity contribution in [2.75, 3.05) is 18.6 Å². The molecule has 17 heavy (non-hydrogen) atoms. The molecule has 1 aromatic carbocycles. The van der Waals surface area contributed by atoms with Crippen molar-refractivity contribution in [3.63, 3.8) is 0 Å². The maximum Gasteiger partial charge on any atom is 0.356 e. The SMILES string of the molecule is COC(=O)c1cc(O)c2cc(N)cc(N)c2n1. The highest BCUT2D eigenvalue weighted by Gasteiger charge is 2.13. The Morgan fingerprint density at radius 1 is 1.35 bits per heavy atom. The predicted molar refractivity (Wildman–Crippen MR) is 63.6 cm³/mol. The van der Waals surface area contributed by atoms with Crippen LogP contribution in [0.2, 0.25) is 0 Å². The lowest BCUT2D eigenvalue weighted by molar-refractivity contribution is 0.0594. The fourth-order valence-corrected chi connectivity index (χ4v) is 1.57. The quantitative estimate of drug-likeness (QED) is 0.498. The molecule has 0 saturated heterocycles. The number of carbonyl (C=O) groups is 1. The standard InChI is InChI=1S/C11H11N3O3/c1-17-11(16)8-4-9(15)6-2-5(12)3-7(13)10(6)14-8/h2-4H,12-13H2,1H3,(H,14,15). The number of hydrogen-bond donors (Lipinski definition) is 3. The lowest BCUT2D eigenvalue weighted by Gasteiger charge is -2.07. The molecule has 0 spiro atoms. The fraction of sp³-hybridized carbons (Fsp3) is 0.0909. The highest BCUT2D eigenvalue weighted by Crippen LogP contribution is 2.30. The van der Waals surface area contributed by atoms with E-state index < -0.39 is 5.97 Å². The molecule has 0 saturated carbocycles. The Bertz CT molecular complexity index is 610. The van der Waals surface area contributed by atoms with Crippen molar-refractivity contribution in [3.05, 3.63) is 23.9 Å². The molecule has 0 atom stereocenters. The van der Waals surface area contributed by atoms with Crippen molar-refractivity contribution in [3.8, 4) is 5.75 Å². The van der Waals surface area contributed by atoms with Crippen molar-refractivity contribution in [1.29, 1.82) is 0 Å². The molecular weight excluding hydrogens is 222 g/mol. The van der Waals surface area contributed by atoms with Gasteiger partial charge in [-0.05, 0) is 12.1 Å². The molecule has 2 rings (SSSR count). The monoisotopic (exact) mass is 233 g/mol. The van der Waals surface area contributed by atoms with E-state index in [1.54, 1.807) is 0 Å². The summed E-state index contributed by atoms with van der Waals surface area (Å²) in [7, 11) is 1.23. The average molecular weight is 233 g/mol. The van der Waals surface area contributed by atoms with E-state index in [4.69, 9.17) is 11.5 Å². The van der Waals surface area contributed by atoms with Crippen LogP contribution in [0.5, 0.6) is 5.75 Å². The van der Waals surface area contributed by atoms with E-state index in [1.165, 1.54) is 25.3 Å². The van der Waals surface area contributed by atoms with Crippen molar-refractivity contribution in [2.24, 2.45) is 0 Å². The van der Waals surface area contributed by atoms with Crippen molar-refractivity contribution in [2.45, 2.75) is 0 Å². The van der Waals surface area contributed by atoms with Gasteiger partial charge in [0.2, 0.25) is 0 Å². The first kappa shape index (κ1) is 11.0. The first-order valence-corrected chi connectivity index (χ1v) is 4.80. The first-order chi connectivity index (χ1) is 8.02. The Morgan fingerprint density at radius 3 is 2.71 bits per heavy atom. The molecule has 0 aliphatic rings. The van der Waals surface area contributed by atoms with E-state index in [9.17, 15) is 9.90 Å². The van der Waals surface area contributed by atoms with Crippen LogP contribution in [-0.4, -0.2) is 23.2 Å². The number of methoxy groups -OCH3 is 1. The van der Waals surface area contributed by atoms with E-state index >= 15 is 0 Å². The molecule has 6 heteroatoms. The van der Waals surface area contributed by atoms with Gasteiger partial charge >= 0.3 is 5.97 Å². The number of nitrogen functional groups attached to an aromatic ring is 2. The number of aromatic nitrogens is 1. The van der Waals surface area contributed by atoms with Gasteiger partial charge in [0.1, 0.15) is 5.75 Å². The summed E-state index contributed by atoms with van der Waals surface area (Å²) in [6.45, 7) is 0. The van der Waals surface area contributed by atoms with Crippen LogP contribution in [-0.2, 0) is 4.74 Å². The van der Waals surface area contributed by atoms with E-state index in [2.05, 4.69) is 9.72 Å². The van der Waals surface area contributed by atoms with Crippen LogP contribution < -0.4 is 11.5 Å². The fourth-order valence-electron chi connectivity index (χ4n) is 1.57. The minimum atomic E-state index is -0.640. The van der Waals surface area contributed by atoms with E-state index in [0.29, 0.717) is 22.3 Å². The van der Waals surface area contributed by atoms with E-state index in [0.717, 1.165) is 0 Å². The summed E-state index contributed by atoms with van der Waals surface area (Å²) in [5, 5.41) is 10.2. The lowest BCUT2D eigenvalue weighted by Crippen LogP contribution is -2.05. The highest BCUT2D eigenvalue weighted by molar-refractivity contribution is 5.99. The maximum absolute atomic E-state index is 11.3. The molecule has 0 radical (unpaired) electrons. The van der Waals surface area contributed by atoms with E-state index in [1.807, 2.05) is 0 Å². The van der Waals surface area contributed by atoms with Crippen LogP contribution in [0.1, 0.15) is 10.5 Å². The van der Waals surface area contributed by atoms with Gasteiger partial charge in [-0.15, -0.1) is 0 Å². The Morgan fingerprint density at radius 2 is 2.06 bits per heavy atom. The third-order valence-corrected chi connectivity index (χ3v) is 2.34. The van der Waals surface area contributed by atoms with Gasteiger partial charge in [0.25, 0.3) is 0 Å². The molecule has 0 aliphatic heterocycles. The number of aromatic hydroxyl groups is 1. The van der Waals surface area contributed by atoms with Gasteiger partial charge in [0, 0.05) is 17.1 Å². The zero-order valence-corrected chi connectivity index (χ0v) is 9.10. The number of nitrogens with two attached hydrogens (primary N) is 2. The largest absolute Gasteiger partial charge is 0.507 e. The van der Waals surface area contributed by atoms with E-state index in [-0.39, 0.29) is 11.4 Å². The summed E-state index contributed by atoms with van der Waals surface area (Å²) >= 11 is 0. The third-order valence-electron chi connectivity index (χ3n) is 2.34. The summed E-state index contributed by atoms with van der Waals surface area (Å²) in [6.07, 6.45) is 0. The number of rotatable bonds is 1.